The van der Waals surface area contributed by atoms with E-state index in [4.69, 9.17) is 16.0 Å². The van der Waals surface area contributed by atoms with Crippen LogP contribution in [-0.4, -0.2) is 14.9 Å². The molecular weight excluding hydrogens is 260 g/mol. The summed E-state index contributed by atoms with van der Waals surface area (Å²) in [6.45, 7) is 13.4. The fraction of sp³-hybridized carbons (Fsp3) is 0.467. The van der Waals surface area contributed by atoms with Crippen molar-refractivity contribution in [3.63, 3.8) is 0 Å². The first kappa shape index (κ1) is 15.5. The highest BCUT2D eigenvalue weighted by Gasteiger charge is 2.41. The summed E-state index contributed by atoms with van der Waals surface area (Å²) < 4.78 is 6.16. The summed E-state index contributed by atoms with van der Waals surface area (Å²) in [7, 11) is -1.87. The quantitative estimate of drug-likeness (QED) is 0.545. The van der Waals surface area contributed by atoms with Gasteiger partial charge >= 0.3 is 0 Å². The number of rotatable bonds is 5. The van der Waals surface area contributed by atoms with Gasteiger partial charge in [-0.3, -0.25) is 0 Å². The molecule has 100 valence electrons. The second-order valence-electron chi connectivity index (χ2n) is 5.89. The molecule has 0 radical (unpaired) electrons. The van der Waals surface area contributed by atoms with Crippen LogP contribution in [0.3, 0.4) is 0 Å². The molecule has 0 amide bonds. The Bertz CT molecular complexity index is 411. The first-order chi connectivity index (χ1) is 8.28. The van der Waals surface area contributed by atoms with Gasteiger partial charge in [-0.1, -0.05) is 50.6 Å². The van der Waals surface area contributed by atoms with Crippen LogP contribution in [0.25, 0.3) is 0 Å². The minimum absolute atomic E-state index is 0.179. The van der Waals surface area contributed by atoms with E-state index in [1.54, 1.807) is 0 Å². The van der Waals surface area contributed by atoms with Gasteiger partial charge in [-0.05, 0) is 35.3 Å². The first-order valence-corrected chi connectivity index (χ1v) is 9.27. The van der Waals surface area contributed by atoms with Crippen LogP contribution in [0.4, 0.5) is 0 Å². The molecule has 0 saturated heterocycles. The van der Waals surface area contributed by atoms with E-state index in [1.165, 1.54) is 5.56 Å². The molecule has 0 aliphatic rings. The van der Waals surface area contributed by atoms with Gasteiger partial charge in [0, 0.05) is 5.02 Å². The van der Waals surface area contributed by atoms with Crippen LogP contribution in [0.1, 0.15) is 26.3 Å². The Labute approximate surface area is 117 Å². The highest BCUT2D eigenvalue weighted by molar-refractivity contribution is 6.74. The molecule has 1 rings (SSSR count). The molecule has 18 heavy (non-hydrogen) atoms. The second kappa shape index (κ2) is 6.05. The fourth-order valence-corrected chi connectivity index (χ4v) is 4.57. The molecule has 0 bridgehead atoms. The van der Waals surface area contributed by atoms with Crippen molar-refractivity contribution in [3.8, 4) is 0 Å². The molecular formula is C15H23ClOSi. The van der Waals surface area contributed by atoms with Gasteiger partial charge in [-0.15, -0.1) is 6.58 Å². The largest absolute Gasteiger partial charge is 0.413 e. The number of benzene rings is 1. The zero-order valence-electron chi connectivity index (χ0n) is 11.8. The zero-order valence-corrected chi connectivity index (χ0v) is 13.6. The van der Waals surface area contributed by atoms with Crippen molar-refractivity contribution >= 4 is 19.9 Å². The fourth-order valence-electron chi connectivity index (χ4n) is 1.81. The van der Waals surface area contributed by atoms with E-state index >= 15 is 0 Å². The van der Waals surface area contributed by atoms with Crippen molar-refractivity contribution in [2.75, 3.05) is 6.61 Å². The molecule has 0 heterocycles. The van der Waals surface area contributed by atoms with E-state index < -0.39 is 8.32 Å². The Hall–Kier alpha value is -0.573. The van der Waals surface area contributed by atoms with Crippen LogP contribution >= 0.6 is 11.6 Å². The van der Waals surface area contributed by atoms with Crippen LogP contribution in [0, 0.1) is 0 Å². The lowest BCUT2D eigenvalue weighted by Crippen LogP contribution is -2.46. The zero-order chi connectivity index (χ0) is 13.8. The van der Waals surface area contributed by atoms with Crippen molar-refractivity contribution in [3.05, 3.63) is 47.5 Å². The van der Waals surface area contributed by atoms with Crippen molar-refractivity contribution < 1.29 is 4.43 Å². The Morgan fingerprint density at radius 1 is 1.39 bits per heavy atom. The molecule has 0 aliphatic carbocycles. The van der Waals surface area contributed by atoms with Crippen molar-refractivity contribution in [2.24, 2.45) is 0 Å². The van der Waals surface area contributed by atoms with Crippen molar-refractivity contribution in [2.45, 2.75) is 38.4 Å². The molecule has 1 nitrogen and oxygen atoms in total. The van der Waals surface area contributed by atoms with Gasteiger partial charge in [-0.25, -0.2) is 0 Å². The highest BCUT2D eigenvalue weighted by atomic mass is 35.5. The molecule has 0 aliphatic heterocycles. The average Bonchev–Trinajstić information content (AvgIpc) is 2.25. The van der Waals surface area contributed by atoms with Crippen LogP contribution in [0.5, 0.6) is 0 Å². The summed E-state index contributed by atoms with van der Waals surface area (Å²) in [5.74, 6) is 0. The maximum Gasteiger partial charge on any atom is 0.199 e. The molecule has 1 aromatic carbocycles. The predicted molar refractivity (Wildman–Crippen MR) is 82.6 cm³/mol. The Morgan fingerprint density at radius 3 is 2.56 bits per heavy atom. The predicted octanol–water partition coefficient (Wildman–Crippen LogP) is 5.00. The molecule has 0 aromatic heterocycles. The maximum atomic E-state index is 6.16. The van der Waals surface area contributed by atoms with E-state index in [-0.39, 0.29) is 5.04 Å². The normalized spacial score (nSPS) is 15.2. The lowest BCUT2D eigenvalue weighted by atomic mass is 10.2. The van der Waals surface area contributed by atoms with Gasteiger partial charge in [0.2, 0.25) is 0 Å². The lowest BCUT2D eigenvalue weighted by Gasteiger charge is -2.39. The first-order valence-electron chi connectivity index (χ1n) is 6.28. The minimum atomic E-state index is -1.87. The maximum absolute atomic E-state index is 6.16. The molecule has 1 aromatic rings. The monoisotopic (exact) mass is 282 g/mol. The van der Waals surface area contributed by atoms with E-state index in [2.05, 4.69) is 40.0 Å². The van der Waals surface area contributed by atoms with Crippen LogP contribution in [0.2, 0.25) is 16.6 Å². The molecule has 0 fully saturated rings. The van der Waals surface area contributed by atoms with E-state index in [0.717, 1.165) is 11.1 Å². The second-order valence-corrected chi connectivity index (χ2v) is 10.9. The highest BCUT2D eigenvalue weighted by Crippen LogP contribution is 2.39. The number of halogens is 1. The Kier molecular flexibility index (Phi) is 5.20. The molecule has 1 atom stereocenters. The van der Waals surface area contributed by atoms with Gasteiger partial charge in [0.1, 0.15) is 0 Å². The van der Waals surface area contributed by atoms with E-state index in [1.807, 2.05) is 24.3 Å². The Balaban J connectivity index is 2.95. The summed E-state index contributed by atoms with van der Waals surface area (Å²) in [6.07, 6.45) is 1.83. The number of hydrogen-bond donors (Lipinski definition) is 0. The minimum Gasteiger partial charge on any atom is -0.413 e. The SMILES string of the molecule is C=CCO[Si](C)(Cc1cccc(Cl)c1)C(C)(C)C. The van der Waals surface area contributed by atoms with E-state index in [0.29, 0.717) is 6.61 Å². The molecule has 0 spiro atoms. The molecule has 0 saturated carbocycles. The Morgan fingerprint density at radius 2 is 2.06 bits per heavy atom. The third kappa shape index (κ3) is 3.97. The summed E-state index contributed by atoms with van der Waals surface area (Å²) in [6, 6.07) is 9.05. The van der Waals surface area contributed by atoms with Gasteiger partial charge in [0.25, 0.3) is 0 Å². The third-order valence-electron chi connectivity index (χ3n) is 3.54. The smallest absolute Gasteiger partial charge is 0.199 e. The standard InChI is InChI=1S/C15H23ClOSi/c1-6-10-17-18(5,15(2,3)4)12-13-8-7-9-14(16)11-13/h6-9,11H,1,10,12H2,2-5H3. The summed E-state index contributed by atoms with van der Waals surface area (Å²) in [5.41, 5.74) is 1.26. The van der Waals surface area contributed by atoms with Crippen molar-refractivity contribution in [1.82, 2.24) is 0 Å². The summed E-state index contributed by atoms with van der Waals surface area (Å²) in [4.78, 5) is 0. The van der Waals surface area contributed by atoms with Gasteiger partial charge < -0.3 is 4.43 Å². The van der Waals surface area contributed by atoms with Crippen LogP contribution in [-0.2, 0) is 10.5 Å². The summed E-state index contributed by atoms with van der Waals surface area (Å²) >= 11 is 6.05. The third-order valence-corrected chi connectivity index (χ3v) is 8.83. The van der Waals surface area contributed by atoms with Gasteiger partial charge in [-0.2, -0.15) is 0 Å². The number of hydrogen-bond acceptors (Lipinski definition) is 1. The topological polar surface area (TPSA) is 9.23 Å². The van der Waals surface area contributed by atoms with Gasteiger partial charge in [0.15, 0.2) is 8.32 Å². The van der Waals surface area contributed by atoms with E-state index in [9.17, 15) is 0 Å². The molecule has 0 N–H and O–H groups in total. The lowest BCUT2D eigenvalue weighted by molar-refractivity contribution is 0.321. The van der Waals surface area contributed by atoms with Crippen molar-refractivity contribution in [1.29, 1.82) is 0 Å². The molecule has 1 unspecified atom stereocenters. The van der Waals surface area contributed by atoms with Crippen LogP contribution < -0.4 is 0 Å². The molecule has 3 heteroatoms. The van der Waals surface area contributed by atoms with Crippen LogP contribution in [0.15, 0.2) is 36.9 Å². The summed E-state index contributed by atoms with van der Waals surface area (Å²) in [5, 5.41) is 0.972. The van der Waals surface area contributed by atoms with Gasteiger partial charge in [0.05, 0.1) is 6.61 Å². The average molecular weight is 283 g/mol.